The van der Waals surface area contributed by atoms with Crippen LogP contribution in [0.3, 0.4) is 0 Å². The van der Waals surface area contributed by atoms with Crippen LogP contribution in [0.4, 0.5) is 0 Å². The van der Waals surface area contributed by atoms with E-state index in [1.165, 1.54) is 12.4 Å². The summed E-state index contributed by atoms with van der Waals surface area (Å²) in [7, 11) is 0. The van der Waals surface area contributed by atoms with E-state index in [4.69, 9.17) is 16.9 Å². The normalized spacial score (nSPS) is 16.1. The molecule has 0 bridgehead atoms. The number of aromatic amines is 1. The Morgan fingerprint density at radius 2 is 2.03 bits per heavy atom. The number of fused-ring (bicyclic) bond motifs is 3. The molecule has 11 heteroatoms. The molecule has 4 heterocycles. The number of nitrogens with zero attached hydrogens (tertiary/aromatic N) is 4. The molecule has 0 unspecified atom stereocenters. The van der Waals surface area contributed by atoms with Crippen molar-refractivity contribution < 1.29 is 4.79 Å². The smallest absolute Gasteiger partial charge is 0.329 e. The van der Waals surface area contributed by atoms with Gasteiger partial charge in [0.25, 0.3) is 5.56 Å². The number of allylic oxidation sites excluding steroid dienone is 1. The predicted molar refractivity (Wildman–Crippen MR) is 117 cm³/mol. The molecule has 1 amide bonds. The average molecular weight is 422 g/mol. The second-order valence-electron chi connectivity index (χ2n) is 7.45. The van der Waals surface area contributed by atoms with E-state index in [1.807, 2.05) is 4.90 Å². The average Bonchev–Trinajstić information content (AvgIpc) is 2.75. The lowest BCUT2D eigenvalue weighted by Gasteiger charge is -2.32. The van der Waals surface area contributed by atoms with Crippen LogP contribution in [0.5, 0.6) is 0 Å². The van der Waals surface area contributed by atoms with Crippen LogP contribution in [0.2, 0.25) is 0 Å². The Morgan fingerprint density at radius 1 is 1.29 bits per heavy atom. The molecule has 4 rings (SSSR count). The van der Waals surface area contributed by atoms with Crippen molar-refractivity contribution in [3.63, 3.8) is 0 Å². The topological polar surface area (TPSA) is 177 Å². The first kappa shape index (κ1) is 20.4. The molecule has 0 radical (unpaired) electrons. The van der Waals surface area contributed by atoms with Crippen LogP contribution >= 0.6 is 0 Å². The molecule has 1 aliphatic heterocycles. The monoisotopic (exact) mass is 422 g/mol. The largest absolute Gasteiger partial charge is 0.404 e. The molecule has 3 aromatic rings. The molecular formula is C20H22N8O3. The molecule has 3 aromatic heterocycles. The standard InChI is InChI=1S/C20H22N8O3/c21-7-11(8-22)14-1-2-15-17(25-14)18-13(9-24-15)19(30)26-20(31)28(18)12-3-5-27(6-4-12)10-16(23)29/h1-2,7-9,12,21H,3-6,10,22H2,(H2,23,29)(H,26,30,31). The highest BCUT2D eigenvalue weighted by atomic mass is 16.2. The van der Waals surface area contributed by atoms with Crippen LogP contribution in [0.25, 0.3) is 27.5 Å². The zero-order valence-corrected chi connectivity index (χ0v) is 16.7. The van der Waals surface area contributed by atoms with Gasteiger partial charge >= 0.3 is 5.69 Å². The quantitative estimate of drug-likeness (QED) is 0.322. The van der Waals surface area contributed by atoms with Gasteiger partial charge < -0.3 is 16.9 Å². The van der Waals surface area contributed by atoms with Crippen LogP contribution < -0.4 is 22.7 Å². The minimum Gasteiger partial charge on any atom is -0.404 e. The third-order valence-corrected chi connectivity index (χ3v) is 5.54. The first-order valence-corrected chi connectivity index (χ1v) is 9.80. The zero-order chi connectivity index (χ0) is 22.1. The fourth-order valence-corrected chi connectivity index (χ4v) is 4.06. The molecule has 0 aliphatic carbocycles. The van der Waals surface area contributed by atoms with Crippen molar-refractivity contribution in [2.75, 3.05) is 19.6 Å². The molecule has 0 aromatic carbocycles. The Balaban J connectivity index is 1.92. The number of hydrogen-bond acceptors (Lipinski definition) is 8. The van der Waals surface area contributed by atoms with E-state index < -0.39 is 17.2 Å². The summed E-state index contributed by atoms with van der Waals surface area (Å²) in [5.41, 5.74) is 12.0. The van der Waals surface area contributed by atoms with Gasteiger partial charge in [-0.2, -0.15) is 0 Å². The summed E-state index contributed by atoms with van der Waals surface area (Å²) in [5.74, 6) is -0.395. The van der Waals surface area contributed by atoms with Crippen molar-refractivity contribution in [3.05, 3.63) is 51.1 Å². The van der Waals surface area contributed by atoms with Crippen LogP contribution in [0.15, 0.2) is 34.1 Å². The van der Waals surface area contributed by atoms with E-state index in [1.54, 1.807) is 16.7 Å². The van der Waals surface area contributed by atoms with E-state index in [0.717, 1.165) is 6.21 Å². The number of H-pyrrole nitrogens is 1. The summed E-state index contributed by atoms with van der Waals surface area (Å²) >= 11 is 0. The molecule has 0 spiro atoms. The number of carbonyl (C=O) groups is 1. The van der Waals surface area contributed by atoms with Crippen LogP contribution in [0, 0.1) is 5.41 Å². The molecule has 0 atom stereocenters. The van der Waals surface area contributed by atoms with Crippen molar-refractivity contribution >= 4 is 39.6 Å². The highest BCUT2D eigenvalue weighted by Crippen LogP contribution is 2.27. The molecule has 1 fully saturated rings. The summed E-state index contributed by atoms with van der Waals surface area (Å²) in [5, 5.41) is 7.78. The molecule has 1 saturated heterocycles. The zero-order valence-electron chi connectivity index (χ0n) is 16.7. The summed E-state index contributed by atoms with van der Waals surface area (Å²) in [6, 6.07) is 3.21. The molecule has 0 saturated carbocycles. The van der Waals surface area contributed by atoms with Crippen molar-refractivity contribution in [1.82, 2.24) is 24.4 Å². The first-order chi connectivity index (χ1) is 14.9. The molecule has 31 heavy (non-hydrogen) atoms. The highest BCUT2D eigenvalue weighted by Gasteiger charge is 2.25. The lowest BCUT2D eigenvalue weighted by atomic mass is 10.0. The number of amides is 1. The number of piperidine rings is 1. The summed E-state index contributed by atoms with van der Waals surface area (Å²) in [4.78, 5) is 49.8. The SMILES string of the molecule is N=CC(=CN)c1ccc2ncc3c(=O)[nH]c(=O)n(C4CCN(CC(N)=O)CC4)c3c2n1. The van der Waals surface area contributed by atoms with Gasteiger partial charge in [0.05, 0.1) is 28.7 Å². The van der Waals surface area contributed by atoms with E-state index in [9.17, 15) is 14.4 Å². The number of pyridine rings is 2. The van der Waals surface area contributed by atoms with Gasteiger partial charge in [-0.25, -0.2) is 9.78 Å². The van der Waals surface area contributed by atoms with Crippen molar-refractivity contribution in [1.29, 1.82) is 5.41 Å². The molecule has 1 aliphatic rings. The number of nitrogens with one attached hydrogen (secondary N) is 2. The Morgan fingerprint density at radius 3 is 2.68 bits per heavy atom. The lowest BCUT2D eigenvalue weighted by Crippen LogP contribution is -2.42. The number of carbonyl (C=O) groups excluding carboxylic acids is 1. The number of hydrogen-bond donors (Lipinski definition) is 4. The second kappa shape index (κ2) is 8.11. The number of aromatic nitrogens is 4. The minimum atomic E-state index is -0.536. The predicted octanol–water partition coefficient (Wildman–Crippen LogP) is -0.296. The Hall–Kier alpha value is -3.86. The van der Waals surface area contributed by atoms with Gasteiger partial charge in [-0.15, -0.1) is 0 Å². The second-order valence-corrected chi connectivity index (χ2v) is 7.45. The maximum Gasteiger partial charge on any atom is 0.329 e. The number of primary amides is 1. The van der Waals surface area contributed by atoms with Gasteiger partial charge in [0, 0.05) is 43.3 Å². The van der Waals surface area contributed by atoms with Gasteiger partial charge in [-0.3, -0.25) is 29.0 Å². The number of rotatable bonds is 5. The van der Waals surface area contributed by atoms with Gasteiger partial charge in [0.2, 0.25) is 5.91 Å². The molecule has 11 nitrogen and oxygen atoms in total. The molecule has 6 N–H and O–H groups in total. The maximum absolute atomic E-state index is 12.9. The third-order valence-electron chi connectivity index (χ3n) is 5.54. The number of likely N-dealkylation sites (tertiary alicyclic amines) is 1. The van der Waals surface area contributed by atoms with Crippen molar-refractivity contribution in [2.24, 2.45) is 11.5 Å². The van der Waals surface area contributed by atoms with Gasteiger partial charge in [0.1, 0.15) is 5.52 Å². The van der Waals surface area contributed by atoms with Crippen LogP contribution in [-0.2, 0) is 4.79 Å². The van der Waals surface area contributed by atoms with Crippen molar-refractivity contribution in [3.8, 4) is 0 Å². The Kier molecular flexibility index (Phi) is 5.34. The minimum absolute atomic E-state index is 0.170. The maximum atomic E-state index is 12.9. The molecular weight excluding hydrogens is 400 g/mol. The van der Waals surface area contributed by atoms with E-state index in [-0.39, 0.29) is 18.0 Å². The fraction of sp³-hybridized carbons (Fsp3) is 0.300. The van der Waals surface area contributed by atoms with Crippen LogP contribution in [0.1, 0.15) is 24.6 Å². The summed E-state index contributed by atoms with van der Waals surface area (Å²) in [6.07, 6.45) is 5.00. The van der Waals surface area contributed by atoms with E-state index >= 15 is 0 Å². The van der Waals surface area contributed by atoms with Crippen LogP contribution in [-0.4, -0.2) is 56.2 Å². The van der Waals surface area contributed by atoms with E-state index in [2.05, 4.69) is 15.0 Å². The first-order valence-electron chi connectivity index (χ1n) is 9.80. The number of nitrogens with two attached hydrogens (primary N) is 2. The van der Waals surface area contributed by atoms with E-state index in [0.29, 0.717) is 53.7 Å². The Bertz CT molecular complexity index is 1330. The van der Waals surface area contributed by atoms with Gasteiger partial charge in [0.15, 0.2) is 0 Å². The van der Waals surface area contributed by atoms with Gasteiger partial charge in [-0.05, 0) is 25.0 Å². The molecule has 160 valence electrons. The summed E-state index contributed by atoms with van der Waals surface area (Å²) in [6.45, 7) is 1.36. The van der Waals surface area contributed by atoms with Crippen molar-refractivity contribution in [2.45, 2.75) is 18.9 Å². The fourth-order valence-electron chi connectivity index (χ4n) is 4.06. The van der Waals surface area contributed by atoms with Gasteiger partial charge in [-0.1, -0.05) is 0 Å². The highest BCUT2D eigenvalue weighted by molar-refractivity contribution is 6.09. The third kappa shape index (κ3) is 3.70. The summed E-state index contributed by atoms with van der Waals surface area (Å²) < 4.78 is 1.56. The lowest BCUT2D eigenvalue weighted by molar-refractivity contribution is -0.119. The Labute approximate surface area is 175 Å².